The second-order valence-electron chi connectivity index (χ2n) is 1.60. The zero-order valence-electron chi connectivity index (χ0n) is 4.54. The van der Waals surface area contributed by atoms with Crippen LogP contribution in [0.2, 0.25) is 0 Å². The average Bonchev–Trinajstić information content (AvgIpc) is 1.67. The van der Waals surface area contributed by atoms with Crippen LogP contribution in [0.3, 0.4) is 0 Å². The molecule has 0 saturated carbocycles. The molecule has 10 N–H and O–H groups in total. The Balaban J connectivity index is 3.71. The van der Waals surface area contributed by atoms with Crippen molar-refractivity contribution in [2.75, 3.05) is 6.54 Å². The predicted octanol–water partition coefficient (Wildman–Crippen LogP) is -3.43. The fourth-order valence-electron chi connectivity index (χ4n) is 0.105. The lowest BCUT2D eigenvalue weighted by atomic mass is 10.4. The van der Waals surface area contributed by atoms with Gasteiger partial charge in [0.15, 0.2) is 5.79 Å². The number of rotatable bonds is 2. The molecule has 0 saturated heterocycles. The van der Waals surface area contributed by atoms with Gasteiger partial charge in [-0.15, -0.1) is 5.12 Å². The van der Waals surface area contributed by atoms with Crippen molar-refractivity contribution < 1.29 is 0 Å². The summed E-state index contributed by atoms with van der Waals surface area (Å²) in [4.78, 5) is 0. The lowest BCUT2D eigenvalue weighted by Crippen LogP contribution is -2.72. The number of hydrogen-bond donors (Lipinski definition) is 5. The summed E-state index contributed by atoms with van der Waals surface area (Å²) in [5, 5.41) is 0.674. The molecule has 0 heterocycles. The minimum absolute atomic E-state index is 0.0139. The van der Waals surface area contributed by atoms with E-state index in [-0.39, 0.29) is 6.54 Å². The molecule has 0 aliphatic heterocycles. The summed E-state index contributed by atoms with van der Waals surface area (Å²) in [7, 11) is 0. The number of nitrogens with two attached hydrogens (primary N) is 5. The molecule has 0 bridgehead atoms. The van der Waals surface area contributed by atoms with Crippen LogP contribution in [0.4, 0.5) is 0 Å². The molecule has 0 radical (unpaired) electrons. The van der Waals surface area contributed by atoms with Gasteiger partial charge in [-0.3, -0.25) is 23.2 Å². The molecule has 0 atom stereocenters. The summed E-state index contributed by atoms with van der Waals surface area (Å²) < 4.78 is 0. The standard InChI is InChI=1S/C2H12N6/c3-1-2(4,5)8(6)7/h1,3-7H2. The molecule has 0 aromatic rings. The first kappa shape index (κ1) is 7.76. The van der Waals surface area contributed by atoms with Gasteiger partial charge < -0.3 is 5.73 Å². The first-order valence-corrected chi connectivity index (χ1v) is 2.08. The largest absolute Gasteiger partial charge is 0.326 e. The zero-order valence-corrected chi connectivity index (χ0v) is 4.54. The van der Waals surface area contributed by atoms with Gasteiger partial charge in [0.2, 0.25) is 0 Å². The van der Waals surface area contributed by atoms with Crippen molar-refractivity contribution in [2.45, 2.75) is 5.79 Å². The zero-order chi connectivity index (χ0) is 6.78. The maximum atomic E-state index is 5.19. The van der Waals surface area contributed by atoms with Crippen LogP contribution >= 0.6 is 0 Å². The van der Waals surface area contributed by atoms with Gasteiger partial charge in [-0.25, -0.2) is 0 Å². The highest BCUT2D eigenvalue weighted by atomic mass is 15.7. The Morgan fingerprint density at radius 2 is 1.62 bits per heavy atom. The normalized spacial score (nSPS) is 12.8. The molecule has 0 aliphatic carbocycles. The third kappa shape index (κ3) is 1.70. The summed E-state index contributed by atoms with van der Waals surface area (Å²) in [6.07, 6.45) is 0. The Hall–Kier alpha value is -0.240. The minimum atomic E-state index is -1.29. The van der Waals surface area contributed by atoms with Crippen molar-refractivity contribution in [1.29, 1.82) is 0 Å². The van der Waals surface area contributed by atoms with E-state index in [2.05, 4.69) is 0 Å². The quantitative estimate of drug-likeness (QED) is 0.146. The molecular formula is C2H12N6. The molecule has 6 heteroatoms. The molecule has 50 valence electrons. The lowest BCUT2D eigenvalue weighted by Gasteiger charge is -2.28. The molecule has 0 aromatic carbocycles. The molecule has 0 unspecified atom stereocenters. The fraction of sp³-hybridized carbons (Fsp3) is 1.00. The van der Waals surface area contributed by atoms with Gasteiger partial charge >= 0.3 is 0 Å². The van der Waals surface area contributed by atoms with Crippen molar-refractivity contribution in [3.8, 4) is 0 Å². The Labute approximate surface area is 47.5 Å². The first-order chi connectivity index (χ1) is 3.50. The highest BCUT2D eigenvalue weighted by molar-refractivity contribution is 4.70. The van der Waals surface area contributed by atoms with Gasteiger partial charge in [0.25, 0.3) is 0 Å². The molecule has 0 spiro atoms. The van der Waals surface area contributed by atoms with Crippen LogP contribution in [-0.2, 0) is 0 Å². The van der Waals surface area contributed by atoms with Gasteiger partial charge in [-0.2, -0.15) is 0 Å². The summed E-state index contributed by atoms with van der Waals surface area (Å²) in [6.45, 7) is 0.0139. The average molecular weight is 120 g/mol. The molecule has 0 aliphatic rings. The van der Waals surface area contributed by atoms with E-state index >= 15 is 0 Å². The van der Waals surface area contributed by atoms with Crippen LogP contribution in [0.1, 0.15) is 0 Å². The van der Waals surface area contributed by atoms with E-state index in [4.69, 9.17) is 28.9 Å². The molecule has 6 nitrogen and oxygen atoms in total. The van der Waals surface area contributed by atoms with E-state index in [9.17, 15) is 0 Å². The monoisotopic (exact) mass is 120 g/mol. The van der Waals surface area contributed by atoms with Gasteiger partial charge in [0.1, 0.15) is 0 Å². The third-order valence-electron chi connectivity index (χ3n) is 0.808. The van der Waals surface area contributed by atoms with E-state index < -0.39 is 5.79 Å². The van der Waals surface area contributed by atoms with E-state index in [0.717, 1.165) is 0 Å². The Kier molecular flexibility index (Phi) is 2.28. The number of nitrogens with zero attached hydrogens (tertiary/aromatic N) is 1. The van der Waals surface area contributed by atoms with Crippen LogP contribution in [0.5, 0.6) is 0 Å². The molecular weight excluding hydrogens is 108 g/mol. The molecule has 0 fully saturated rings. The third-order valence-corrected chi connectivity index (χ3v) is 0.808. The Morgan fingerprint density at radius 1 is 1.25 bits per heavy atom. The number of hydrazine groups is 2. The van der Waals surface area contributed by atoms with E-state index in [1.54, 1.807) is 0 Å². The summed E-state index contributed by atoms with van der Waals surface area (Å²) >= 11 is 0. The molecule has 0 amide bonds. The maximum Gasteiger partial charge on any atom is 0.160 e. The van der Waals surface area contributed by atoms with Gasteiger partial charge in [0, 0.05) is 6.54 Å². The Morgan fingerprint density at radius 3 is 1.62 bits per heavy atom. The van der Waals surface area contributed by atoms with Crippen molar-refractivity contribution in [2.24, 2.45) is 28.9 Å². The molecule has 0 aromatic heterocycles. The summed E-state index contributed by atoms with van der Waals surface area (Å²) in [5.41, 5.74) is 15.4. The smallest absolute Gasteiger partial charge is 0.160 e. The lowest BCUT2D eigenvalue weighted by molar-refractivity contribution is 0.107. The second-order valence-corrected chi connectivity index (χ2v) is 1.60. The summed E-state index contributed by atoms with van der Waals surface area (Å²) in [5.74, 6) is 8.63. The van der Waals surface area contributed by atoms with Crippen LogP contribution < -0.4 is 28.9 Å². The molecule has 0 rings (SSSR count). The van der Waals surface area contributed by atoms with Crippen molar-refractivity contribution in [3.63, 3.8) is 0 Å². The van der Waals surface area contributed by atoms with E-state index in [0.29, 0.717) is 5.12 Å². The number of hydrogen-bond acceptors (Lipinski definition) is 6. The van der Waals surface area contributed by atoms with Crippen LogP contribution in [-0.4, -0.2) is 17.4 Å². The minimum Gasteiger partial charge on any atom is -0.326 e. The van der Waals surface area contributed by atoms with Crippen LogP contribution in [0, 0.1) is 0 Å². The van der Waals surface area contributed by atoms with E-state index in [1.807, 2.05) is 0 Å². The van der Waals surface area contributed by atoms with Crippen molar-refractivity contribution in [1.82, 2.24) is 5.12 Å². The molecule has 8 heavy (non-hydrogen) atoms. The summed E-state index contributed by atoms with van der Waals surface area (Å²) in [6, 6.07) is 0. The highest BCUT2D eigenvalue weighted by Gasteiger charge is 2.19. The second kappa shape index (κ2) is 2.35. The maximum absolute atomic E-state index is 5.19. The van der Waals surface area contributed by atoms with Gasteiger partial charge in [0.05, 0.1) is 0 Å². The fourth-order valence-corrected chi connectivity index (χ4v) is 0.105. The SMILES string of the molecule is NCC(N)(N)N(N)N. The van der Waals surface area contributed by atoms with Gasteiger partial charge in [-0.05, 0) is 0 Å². The predicted molar refractivity (Wildman–Crippen MR) is 30.4 cm³/mol. The van der Waals surface area contributed by atoms with Gasteiger partial charge in [-0.1, -0.05) is 0 Å². The topological polar surface area (TPSA) is 133 Å². The van der Waals surface area contributed by atoms with E-state index in [1.165, 1.54) is 0 Å². The van der Waals surface area contributed by atoms with Crippen molar-refractivity contribution in [3.05, 3.63) is 0 Å². The van der Waals surface area contributed by atoms with Crippen LogP contribution in [0.15, 0.2) is 0 Å². The van der Waals surface area contributed by atoms with Crippen LogP contribution in [0.25, 0.3) is 0 Å². The highest BCUT2D eigenvalue weighted by Crippen LogP contribution is 1.81. The Bertz CT molecular complexity index is 66.9. The first-order valence-electron chi connectivity index (χ1n) is 2.08. The van der Waals surface area contributed by atoms with Crippen molar-refractivity contribution >= 4 is 0 Å².